The molecule has 0 aliphatic carbocycles. The number of nitriles is 2. The zero-order chi connectivity index (χ0) is 20.3. The third-order valence-electron chi connectivity index (χ3n) is 4.27. The van der Waals surface area contributed by atoms with Gasteiger partial charge in [-0.3, -0.25) is 4.72 Å². The SMILES string of the molecule is CC(C)S(=O)(=O)Nc1ccsc1-c1ccc(-c2ccc(C#N)cc2C#N)cc1. The molecular formula is C21H17N3O2S2. The Balaban J connectivity index is 1.95. The molecule has 0 saturated carbocycles. The monoisotopic (exact) mass is 407 g/mol. The van der Waals surface area contributed by atoms with Crippen molar-refractivity contribution in [2.45, 2.75) is 19.1 Å². The number of nitrogens with zero attached hydrogens (tertiary/aromatic N) is 2. The van der Waals surface area contributed by atoms with E-state index in [9.17, 15) is 13.7 Å². The molecule has 2 aromatic carbocycles. The third-order valence-corrected chi connectivity index (χ3v) is 6.97. The van der Waals surface area contributed by atoms with Crippen molar-refractivity contribution in [1.29, 1.82) is 10.5 Å². The highest BCUT2D eigenvalue weighted by Gasteiger charge is 2.18. The molecule has 0 fully saturated rings. The summed E-state index contributed by atoms with van der Waals surface area (Å²) in [6.07, 6.45) is 0. The molecule has 0 spiro atoms. The van der Waals surface area contributed by atoms with E-state index in [0.29, 0.717) is 16.8 Å². The van der Waals surface area contributed by atoms with Crippen LogP contribution >= 0.6 is 11.3 Å². The lowest BCUT2D eigenvalue weighted by molar-refractivity contribution is 0.593. The fraction of sp³-hybridized carbons (Fsp3) is 0.143. The average molecular weight is 408 g/mol. The molecule has 1 N–H and O–H groups in total. The molecule has 0 amide bonds. The molecule has 0 aliphatic heterocycles. The van der Waals surface area contributed by atoms with Crippen LogP contribution in [0.15, 0.2) is 53.9 Å². The van der Waals surface area contributed by atoms with E-state index in [0.717, 1.165) is 21.6 Å². The van der Waals surface area contributed by atoms with Crippen LogP contribution < -0.4 is 4.72 Å². The molecule has 0 unspecified atom stereocenters. The van der Waals surface area contributed by atoms with Crippen molar-refractivity contribution in [2.24, 2.45) is 0 Å². The highest BCUT2D eigenvalue weighted by molar-refractivity contribution is 7.93. The van der Waals surface area contributed by atoms with Crippen LogP contribution in [0.2, 0.25) is 0 Å². The van der Waals surface area contributed by atoms with Crippen molar-refractivity contribution in [1.82, 2.24) is 0 Å². The van der Waals surface area contributed by atoms with E-state index in [1.807, 2.05) is 35.7 Å². The molecule has 140 valence electrons. The van der Waals surface area contributed by atoms with Crippen LogP contribution in [0.1, 0.15) is 25.0 Å². The number of hydrogen-bond acceptors (Lipinski definition) is 5. The van der Waals surface area contributed by atoms with Crippen molar-refractivity contribution < 1.29 is 8.42 Å². The summed E-state index contributed by atoms with van der Waals surface area (Å²) in [6, 6.07) is 18.5. The van der Waals surface area contributed by atoms with Crippen molar-refractivity contribution in [2.75, 3.05) is 4.72 Å². The van der Waals surface area contributed by atoms with E-state index in [-0.39, 0.29) is 0 Å². The molecule has 0 aliphatic rings. The number of sulfonamides is 1. The van der Waals surface area contributed by atoms with Crippen LogP contribution in [0, 0.1) is 22.7 Å². The number of anilines is 1. The fourth-order valence-electron chi connectivity index (χ4n) is 2.64. The summed E-state index contributed by atoms with van der Waals surface area (Å²) >= 11 is 1.45. The molecule has 0 radical (unpaired) electrons. The van der Waals surface area contributed by atoms with Crippen molar-refractivity contribution in [3.8, 4) is 33.7 Å². The number of nitrogens with one attached hydrogen (secondary N) is 1. The number of rotatable bonds is 5. The average Bonchev–Trinajstić information content (AvgIpc) is 3.14. The van der Waals surface area contributed by atoms with Gasteiger partial charge in [0.05, 0.1) is 39.1 Å². The van der Waals surface area contributed by atoms with Crippen LogP contribution in [0.25, 0.3) is 21.6 Å². The Morgan fingerprint density at radius 1 is 0.964 bits per heavy atom. The van der Waals surface area contributed by atoms with E-state index in [1.165, 1.54) is 11.3 Å². The van der Waals surface area contributed by atoms with Gasteiger partial charge in [-0.05, 0) is 54.1 Å². The smallest absolute Gasteiger partial charge is 0.235 e. The van der Waals surface area contributed by atoms with Crippen molar-refractivity contribution in [3.63, 3.8) is 0 Å². The van der Waals surface area contributed by atoms with Crippen molar-refractivity contribution in [3.05, 3.63) is 65.0 Å². The van der Waals surface area contributed by atoms with Gasteiger partial charge in [-0.25, -0.2) is 8.42 Å². The Kier molecular flexibility index (Phi) is 5.51. The Labute approximate surface area is 168 Å². The summed E-state index contributed by atoms with van der Waals surface area (Å²) in [6.45, 7) is 3.26. The van der Waals surface area contributed by atoms with E-state index in [4.69, 9.17) is 5.26 Å². The summed E-state index contributed by atoms with van der Waals surface area (Å²) in [4.78, 5) is 0.830. The molecule has 1 heterocycles. The predicted octanol–water partition coefficient (Wildman–Crippen LogP) is 4.98. The topological polar surface area (TPSA) is 93.8 Å². The highest BCUT2D eigenvalue weighted by atomic mass is 32.2. The molecule has 7 heteroatoms. The summed E-state index contributed by atoms with van der Waals surface area (Å²) in [5.74, 6) is 0. The lowest BCUT2D eigenvalue weighted by Gasteiger charge is -2.12. The van der Waals surface area contributed by atoms with Gasteiger partial charge in [0.25, 0.3) is 0 Å². The number of thiophene rings is 1. The van der Waals surface area contributed by atoms with E-state index < -0.39 is 15.3 Å². The zero-order valence-corrected chi connectivity index (χ0v) is 16.9. The molecular weight excluding hydrogens is 390 g/mol. The van der Waals surface area contributed by atoms with Crippen LogP contribution in [0.4, 0.5) is 5.69 Å². The van der Waals surface area contributed by atoms with E-state index in [1.54, 1.807) is 38.1 Å². The summed E-state index contributed by atoms with van der Waals surface area (Å²) in [7, 11) is -3.42. The van der Waals surface area contributed by atoms with Crippen molar-refractivity contribution >= 4 is 27.0 Å². The first-order valence-corrected chi connectivity index (χ1v) is 10.9. The van der Waals surface area contributed by atoms with Gasteiger partial charge in [0, 0.05) is 0 Å². The second-order valence-electron chi connectivity index (χ2n) is 6.42. The first-order valence-electron chi connectivity index (χ1n) is 8.50. The molecule has 28 heavy (non-hydrogen) atoms. The van der Waals surface area contributed by atoms with Gasteiger partial charge in [-0.2, -0.15) is 10.5 Å². The predicted molar refractivity (Wildman–Crippen MR) is 112 cm³/mol. The highest BCUT2D eigenvalue weighted by Crippen LogP contribution is 2.36. The Hall–Kier alpha value is -3.13. The second kappa shape index (κ2) is 7.85. The lowest BCUT2D eigenvalue weighted by Crippen LogP contribution is -2.22. The quantitative estimate of drug-likeness (QED) is 0.646. The van der Waals surface area contributed by atoms with Gasteiger partial charge in [0.15, 0.2) is 0 Å². The summed E-state index contributed by atoms with van der Waals surface area (Å²) < 4.78 is 27.0. The van der Waals surface area contributed by atoms with Crippen LogP contribution in [-0.2, 0) is 10.0 Å². The largest absolute Gasteiger partial charge is 0.282 e. The van der Waals surface area contributed by atoms with Crippen LogP contribution in [0.5, 0.6) is 0 Å². The van der Waals surface area contributed by atoms with Gasteiger partial charge < -0.3 is 0 Å². The van der Waals surface area contributed by atoms with E-state index in [2.05, 4.69) is 10.8 Å². The normalized spacial score (nSPS) is 11.0. The Bertz CT molecular complexity index is 1200. The molecule has 5 nitrogen and oxygen atoms in total. The minimum absolute atomic E-state index is 0.438. The maximum Gasteiger partial charge on any atom is 0.235 e. The Morgan fingerprint density at radius 3 is 2.25 bits per heavy atom. The van der Waals surface area contributed by atoms with Crippen LogP contribution in [0.3, 0.4) is 0 Å². The molecule has 1 aromatic heterocycles. The summed E-state index contributed by atoms with van der Waals surface area (Å²) in [5, 5.41) is 19.7. The Morgan fingerprint density at radius 2 is 1.64 bits per heavy atom. The second-order valence-corrected chi connectivity index (χ2v) is 9.57. The summed E-state index contributed by atoms with van der Waals surface area (Å²) in [5.41, 5.74) is 3.92. The molecule has 3 aromatic rings. The number of benzene rings is 2. The maximum atomic E-state index is 12.2. The standard InChI is InChI=1S/C21H17N3O2S2/c1-14(2)28(25,26)24-20-9-10-27-21(20)17-6-4-16(5-7-17)19-8-3-15(12-22)11-18(19)13-23/h3-11,14,24H,1-2H3. The van der Waals surface area contributed by atoms with Gasteiger partial charge in [0.1, 0.15) is 0 Å². The molecule has 0 bridgehead atoms. The van der Waals surface area contributed by atoms with Gasteiger partial charge in [-0.1, -0.05) is 30.3 Å². The van der Waals surface area contributed by atoms with Gasteiger partial charge >= 0.3 is 0 Å². The van der Waals surface area contributed by atoms with Gasteiger partial charge in [0.2, 0.25) is 10.0 Å². The fourth-order valence-corrected chi connectivity index (χ4v) is 4.28. The maximum absolute atomic E-state index is 12.2. The van der Waals surface area contributed by atoms with Crippen LogP contribution in [-0.4, -0.2) is 13.7 Å². The lowest BCUT2D eigenvalue weighted by atomic mass is 9.97. The molecule has 0 atom stereocenters. The van der Waals surface area contributed by atoms with E-state index >= 15 is 0 Å². The minimum atomic E-state index is -3.42. The minimum Gasteiger partial charge on any atom is -0.282 e. The zero-order valence-electron chi connectivity index (χ0n) is 15.3. The first-order chi connectivity index (χ1) is 13.4. The molecule has 3 rings (SSSR count). The third kappa shape index (κ3) is 3.91. The van der Waals surface area contributed by atoms with Gasteiger partial charge in [-0.15, -0.1) is 11.3 Å². The number of hydrogen-bond donors (Lipinski definition) is 1. The first kappa shape index (κ1) is 19.6. The molecule has 0 saturated heterocycles.